The van der Waals surface area contributed by atoms with E-state index in [1.807, 2.05) is 13.8 Å². The van der Waals surface area contributed by atoms with Crippen molar-refractivity contribution in [3.63, 3.8) is 0 Å². The van der Waals surface area contributed by atoms with Crippen molar-refractivity contribution in [3.05, 3.63) is 12.3 Å². The molecule has 0 bridgehead atoms. The number of hydrogen-bond donors (Lipinski definition) is 1. The third-order valence-electron chi connectivity index (χ3n) is 2.39. The Labute approximate surface area is 100 Å². The highest BCUT2D eigenvalue weighted by molar-refractivity contribution is 5.26. The molecule has 2 N–H and O–H groups in total. The Morgan fingerprint density at radius 1 is 1.59 bits per heavy atom. The summed E-state index contributed by atoms with van der Waals surface area (Å²) in [5, 5.41) is 0. The number of nitrogens with two attached hydrogens (primary N) is 1. The molecule has 6 nitrogen and oxygen atoms in total. The van der Waals surface area contributed by atoms with Crippen molar-refractivity contribution >= 4 is 5.82 Å². The van der Waals surface area contributed by atoms with Gasteiger partial charge in [-0.3, -0.25) is 0 Å². The fourth-order valence-electron chi connectivity index (χ4n) is 1.61. The number of aromatic nitrogens is 2. The molecule has 0 saturated carbocycles. The highest BCUT2D eigenvalue weighted by Crippen LogP contribution is 2.23. The summed E-state index contributed by atoms with van der Waals surface area (Å²) in [5.74, 6) is -0.0881. The molecular formula is C11H17N3O3. The molecule has 0 aliphatic carbocycles. The van der Waals surface area contributed by atoms with Gasteiger partial charge in [0.2, 0.25) is 0 Å². The van der Waals surface area contributed by atoms with Crippen LogP contribution in [0.3, 0.4) is 0 Å². The third-order valence-corrected chi connectivity index (χ3v) is 2.39. The quantitative estimate of drug-likeness (QED) is 0.843. The van der Waals surface area contributed by atoms with Crippen LogP contribution in [0.1, 0.15) is 20.3 Å². The summed E-state index contributed by atoms with van der Waals surface area (Å²) in [6, 6.07) is 1.91. The molecule has 0 amide bonds. The lowest BCUT2D eigenvalue weighted by Gasteiger charge is -2.16. The van der Waals surface area contributed by atoms with Crippen LogP contribution >= 0.6 is 0 Å². The first-order valence-electron chi connectivity index (χ1n) is 5.58. The van der Waals surface area contributed by atoms with Crippen LogP contribution in [0.4, 0.5) is 5.82 Å². The van der Waals surface area contributed by atoms with Gasteiger partial charge in [-0.1, -0.05) is 0 Å². The molecule has 6 heteroatoms. The second kappa shape index (κ2) is 4.85. The van der Waals surface area contributed by atoms with E-state index >= 15 is 0 Å². The molecule has 0 unspecified atom stereocenters. The molecule has 1 aromatic heterocycles. The zero-order valence-electron chi connectivity index (χ0n) is 10.0. The van der Waals surface area contributed by atoms with Crippen LogP contribution in [0.15, 0.2) is 12.3 Å². The molecule has 1 aromatic rings. The molecule has 1 aliphatic heterocycles. The topological polar surface area (TPSA) is 79.5 Å². The van der Waals surface area contributed by atoms with E-state index in [0.29, 0.717) is 25.0 Å². The number of hydrogen-bond acceptors (Lipinski definition) is 6. The fourth-order valence-corrected chi connectivity index (χ4v) is 1.61. The van der Waals surface area contributed by atoms with Crippen LogP contribution in [-0.2, 0) is 9.47 Å². The molecule has 17 heavy (non-hydrogen) atoms. The van der Waals surface area contributed by atoms with Crippen LogP contribution < -0.4 is 10.5 Å². The van der Waals surface area contributed by atoms with Crippen molar-refractivity contribution in [2.24, 2.45) is 0 Å². The van der Waals surface area contributed by atoms with Crippen molar-refractivity contribution < 1.29 is 14.2 Å². The van der Waals surface area contributed by atoms with E-state index < -0.39 is 5.79 Å². The Balaban J connectivity index is 1.73. The highest BCUT2D eigenvalue weighted by atomic mass is 16.7. The summed E-state index contributed by atoms with van der Waals surface area (Å²) in [7, 11) is 0. The molecule has 0 aromatic carbocycles. The summed E-state index contributed by atoms with van der Waals surface area (Å²) in [4.78, 5) is 7.89. The van der Waals surface area contributed by atoms with Crippen molar-refractivity contribution in [1.29, 1.82) is 0 Å². The second-order valence-corrected chi connectivity index (χ2v) is 4.35. The number of nitrogens with zero attached hydrogens (tertiary/aromatic N) is 2. The van der Waals surface area contributed by atoms with Gasteiger partial charge in [-0.05, 0) is 19.9 Å². The van der Waals surface area contributed by atoms with Gasteiger partial charge in [-0.15, -0.1) is 0 Å². The first kappa shape index (κ1) is 12.1. The second-order valence-electron chi connectivity index (χ2n) is 4.35. The average Bonchev–Trinajstić information content (AvgIpc) is 2.58. The Kier molecular flexibility index (Phi) is 3.44. The average molecular weight is 239 g/mol. The van der Waals surface area contributed by atoms with Crippen LogP contribution in [0, 0.1) is 0 Å². The minimum atomic E-state index is -0.488. The van der Waals surface area contributed by atoms with Gasteiger partial charge in [-0.25, -0.2) is 4.98 Å². The summed E-state index contributed by atoms with van der Waals surface area (Å²) in [6.07, 6.45) is 2.36. The maximum Gasteiger partial charge on any atom is 0.318 e. The molecule has 1 aliphatic rings. The van der Waals surface area contributed by atoms with E-state index in [9.17, 15) is 0 Å². The Morgan fingerprint density at radius 2 is 2.41 bits per heavy atom. The summed E-state index contributed by atoms with van der Waals surface area (Å²) in [6.45, 7) is 4.87. The van der Waals surface area contributed by atoms with Crippen molar-refractivity contribution in [1.82, 2.24) is 9.97 Å². The molecule has 2 heterocycles. The van der Waals surface area contributed by atoms with Gasteiger partial charge in [0.15, 0.2) is 5.79 Å². The van der Waals surface area contributed by atoms with Crippen LogP contribution in [-0.4, -0.2) is 35.1 Å². The van der Waals surface area contributed by atoms with Gasteiger partial charge < -0.3 is 19.9 Å². The Morgan fingerprint density at radius 3 is 3.06 bits per heavy atom. The largest absolute Gasteiger partial charge is 0.463 e. The maximum atomic E-state index is 5.64. The molecule has 1 fully saturated rings. The first-order valence-corrected chi connectivity index (χ1v) is 5.58. The number of nitrogen functional groups attached to an aromatic ring is 1. The Bertz CT molecular complexity index is 384. The van der Waals surface area contributed by atoms with E-state index in [0.717, 1.165) is 6.42 Å². The lowest BCUT2D eigenvalue weighted by Crippen LogP contribution is -2.22. The minimum Gasteiger partial charge on any atom is -0.463 e. The van der Waals surface area contributed by atoms with Gasteiger partial charge >= 0.3 is 6.01 Å². The molecule has 1 atom stereocenters. The van der Waals surface area contributed by atoms with Crippen molar-refractivity contribution in [2.45, 2.75) is 32.2 Å². The van der Waals surface area contributed by atoms with Crippen LogP contribution in [0.25, 0.3) is 0 Å². The third kappa shape index (κ3) is 3.54. The zero-order valence-corrected chi connectivity index (χ0v) is 10.0. The van der Waals surface area contributed by atoms with E-state index in [1.54, 1.807) is 12.3 Å². The van der Waals surface area contributed by atoms with Gasteiger partial charge in [0, 0.05) is 12.6 Å². The monoisotopic (exact) mass is 239 g/mol. The van der Waals surface area contributed by atoms with Gasteiger partial charge in [0.05, 0.1) is 19.3 Å². The van der Waals surface area contributed by atoms with Crippen LogP contribution in [0.2, 0.25) is 0 Å². The standard InChI is InChI=1S/C11H17N3O3/c1-11(2)16-7-8(17-11)4-6-15-10-13-5-3-9(12)14-10/h3,5,8H,4,6-7H2,1-2H3,(H2,12,13,14)/t8-/m1/s1. The summed E-state index contributed by atoms with van der Waals surface area (Å²) >= 11 is 0. The zero-order chi connectivity index (χ0) is 12.3. The first-order chi connectivity index (χ1) is 8.05. The highest BCUT2D eigenvalue weighted by Gasteiger charge is 2.32. The van der Waals surface area contributed by atoms with Crippen LogP contribution in [0.5, 0.6) is 6.01 Å². The summed E-state index contributed by atoms with van der Waals surface area (Å²) in [5.41, 5.74) is 5.51. The van der Waals surface area contributed by atoms with E-state index in [2.05, 4.69) is 9.97 Å². The SMILES string of the molecule is CC1(C)OC[C@@H](CCOc2nccc(N)n2)O1. The van der Waals surface area contributed by atoms with Crippen molar-refractivity contribution in [3.8, 4) is 6.01 Å². The van der Waals surface area contributed by atoms with E-state index in [-0.39, 0.29) is 6.10 Å². The van der Waals surface area contributed by atoms with Crippen molar-refractivity contribution in [2.75, 3.05) is 18.9 Å². The van der Waals surface area contributed by atoms with Gasteiger partial charge in [0.1, 0.15) is 5.82 Å². The molecule has 1 saturated heterocycles. The van der Waals surface area contributed by atoms with Gasteiger partial charge in [-0.2, -0.15) is 4.98 Å². The Hall–Kier alpha value is -1.40. The van der Waals surface area contributed by atoms with E-state index in [1.165, 1.54) is 0 Å². The number of rotatable bonds is 4. The van der Waals surface area contributed by atoms with Gasteiger partial charge in [0.25, 0.3) is 0 Å². The maximum absolute atomic E-state index is 5.64. The molecule has 2 rings (SSSR count). The molecular weight excluding hydrogens is 222 g/mol. The lowest BCUT2D eigenvalue weighted by molar-refractivity contribution is -0.139. The summed E-state index contributed by atoms with van der Waals surface area (Å²) < 4.78 is 16.5. The smallest absolute Gasteiger partial charge is 0.318 e. The predicted octanol–water partition coefficient (Wildman–Crippen LogP) is 0.979. The lowest BCUT2D eigenvalue weighted by atomic mass is 10.3. The normalized spacial score (nSPS) is 22.6. The minimum absolute atomic E-state index is 0.0612. The molecule has 0 radical (unpaired) electrons. The fraction of sp³-hybridized carbons (Fsp3) is 0.636. The number of anilines is 1. The predicted molar refractivity (Wildman–Crippen MR) is 61.5 cm³/mol. The molecule has 0 spiro atoms. The van der Waals surface area contributed by atoms with E-state index in [4.69, 9.17) is 19.9 Å². The number of ether oxygens (including phenoxy) is 3. The molecule has 94 valence electrons.